The lowest BCUT2D eigenvalue weighted by molar-refractivity contribution is -0.387. The van der Waals surface area contributed by atoms with E-state index >= 15 is 0 Å². The maximum absolute atomic E-state index is 13.2. The topological polar surface area (TPSA) is 191 Å². The molecule has 0 amide bonds. The summed E-state index contributed by atoms with van der Waals surface area (Å²) in [6, 6.07) is 22.4. The van der Waals surface area contributed by atoms with E-state index in [0.29, 0.717) is 18.2 Å². The van der Waals surface area contributed by atoms with Gasteiger partial charge in [0.2, 0.25) is 5.82 Å². The summed E-state index contributed by atoms with van der Waals surface area (Å²) in [6.07, 6.45) is 2.27. The summed E-state index contributed by atoms with van der Waals surface area (Å²) in [5.74, 6) is -0.460. The molecule has 1 aliphatic rings. The van der Waals surface area contributed by atoms with Crippen molar-refractivity contribution in [3.8, 4) is 0 Å². The third-order valence-electron chi connectivity index (χ3n) is 6.23. The van der Waals surface area contributed by atoms with E-state index in [-0.39, 0.29) is 26.9 Å². The Kier molecular flexibility index (Phi) is 9.75. The fourth-order valence-corrected chi connectivity index (χ4v) is 5.96. The summed E-state index contributed by atoms with van der Waals surface area (Å²) in [5, 5.41) is 24.9. The van der Waals surface area contributed by atoms with E-state index < -0.39 is 41.4 Å². The van der Waals surface area contributed by atoms with Crippen LogP contribution in [0.15, 0.2) is 107 Å². The highest BCUT2D eigenvalue weighted by Gasteiger charge is 2.24. The standard InChI is InChI=1S/C16H17N3O4S.C12H9FN2O4S/c20-19(21)16-10-13(8-9-15(16)17-11-12-6-7-12)18-24(22,23)14-4-2-1-3-5-14;13-11-7-6-9(8-12(11)15(16)17)14-20(18,19)10-4-2-1-3-5-10/h1-5,8-10,12,17-18H,6-7,11H2;1-8,14H. The monoisotopic (exact) mass is 643 g/mol. The molecule has 1 aliphatic carbocycles. The summed E-state index contributed by atoms with van der Waals surface area (Å²) in [4.78, 5) is 20.5. The van der Waals surface area contributed by atoms with Crippen LogP contribution in [0.1, 0.15) is 12.8 Å². The smallest absolute Gasteiger partial charge is 0.306 e. The summed E-state index contributed by atoms with van der Waals surface area (Å²) < 4.78 is 66.3. The lowest BCUT2D eigenvalue weighted by atomic mass is 10.2. The van der Waals surface area contributed by atoms with E-state index in [1.54, 1.807) is 36.4 Å². The Bertz CT molecular complexity index is 1870. The summed E-state index contributed by atoms with van der Waals surface area (Å²) in [7, 11) is -7.64. The molecule has 4 aromatic rings. The number of nitro benzene ring substituents is 2. The van der Waals surface area contributed by atoms with Gasteiger partial charge in [-0.1, -0.05) is 36.4 Å². The van der Waals surface area contributed by atoms with Crippen molar-refractivity contribution >= 4 is 48.5 Å². The van der Waals surface area contributed by atoms with Crippen molar-refractivity contribution in [3.63, 3.8) is 0 Å². The molecule has 0 aliphatic heterocycles. The van der Waals surface area contributed by atoms with Gasteiger partial charge in [-0.15, -0.1) is 0 Å². The first-order chi connectivity index (χ1) is 20.9. The van der Waals surface area contributed by atoms with Gasteiger partial charge in [-0.05, 0) is 67.3 Å². The van der Waals surface area contributed by atoms with Gasteiger partial charge in [0.05, 0.1) is 31.0 Å². The molecular weight excluding hydrogens is 617 g/mol. The minimum Gasteiger partial charge on any atom is -0.379 e. The van der Waals surface area contributed by atoms with Crippen molar-refractivity contribution < 1.29 is 31.1 Å². The molecule has 0 radical (unpaired) electrons. The average molecular weight is 644 g/mol. The molecule has 0 atom stereocenters. The molecule has 16 heteroatoms. The number of nitro groups is 2. The van der Waals surface area contributed by atoms with Crippen LogP contribution in [-0.4, -0.2) is 33.2 Å². The Balaban J connectivity index is 0.000000204. The minimum absolute atomic E-state index is 0.00646. The molecule has 0 bridgehead atoms. The van der Waals surface area contributed by atoms with Gasteiger partial charge in [0, 0.05) is 18.7 Å². The van der Waals surface area contributed by atoms with Crippen molar-refractivity contribution in [1.29, 1.82) is 0 Å². The zero-order valence-corrected chi connectivity index (χ0v) is 24.4. The van der Waals surface area contributed by atoms with Gasteiger partial charge in [-0.25, -0.2) is 16.8 Å². The molecule has 3 N–H and O–H groups in total. The van der Waals surface area contributed by atoms with Crippen LogP contribution in [0.25, 0.3) is 0 Å². The van der Waals surface area contributed by atoms with Gasteiger partial charge in [0.25, 0.3) is 25.7 Å². The molecule has 0 spiro atoms. The third kappa shape index (κ3) is 8.48. The molecule has 1 fully saturated rings. The minimum atomic E-state index is -3.86. The van der Waals surface area contributed by atoms with Gasteiger partial charge < -0.3 is 5.32 Å². The Hall–Kier alpha value is -5.09. The number of halogens is 1. The molecule has 44 heavy (non-hydrogen) atoms. The SMILES string of the molecule is O=[N+]([O-])c1cc(NS(=O)(=O)c2ccccc2)ccc1F.O=[N+]([O-])c1cc(NS(=O)(=O)c2ccccc2)ccc1NCC1CC1. The van der Waals surface area contributed by atoms with Gasteiger partial charge in [0.1, 0.15) is 5.69 Å². The summed E-state index contributed by atoms with van der Waals surface area (Å²) in [6.45, 7) is 0.690. The van der Waals surface area contributed by atoms with Crippen LogP contribution >= 0.6 is 0 Å². The summed E-state index contributed by atoms with van der Waals surface area (Å²) >= 11 is 0. The van der Waals surface area contributed by atoms with Gasteiger partial charge in [0.15, 0.2) is 0 Å². The fourth-order valence-electron chi connectivity index (χ4n) is 3.82. The first-order valence-electron chi connectivity index (χ1n) is 13.0. The molecule has 230 valence electrons. The van der Waals surface area contributed by atoms with Crippen LogP contribution in [0.5, 0.6) is 0 Å². The Morgan fingerprint density at radius 2 is 1.14 bits per heavy atom. The Labute approximate surface area is 252 Å². The maximum Gasteiger partial charge on any atom is 0.306 e. The van der Waals surface area contributed by atoms with Gasteiger partial charge in [-0.3, -0.25) is 29.7 Å². The molecule has 1 saturated carbocycles. The lowest BCUT2D eigenvalue weighted by Crippen LogP contribution is -2.13. The molecule has 5 rings (SSSR count). The van der Waals surface area contributed by atoms with Crippen molar-refractivity contribution in [2.24, 2.45) is 5.92 Å². The van der Waals surface area contributed by atoms with Crippen LogP contribution in [0, 0.1) is 32.0 Å². The van der Waals surface area contributed by atoms with Crippen molar-refractivity contribution in [3.05, 3.63) is 123 Å². The number of hydrogen-bond donors (Lipinski definition) is 3. The number of nitrogens with zero attached hydrogens (tertiary/aromatic N) is 2. The van der Waals surface area contributed by atoms with E-state index in [1.807, 2.05) is 0 Å². The van der Waals surface area contributed by atoms with Crippen LogP contribution in [0.2, 0.25) is 0 Å². The van der Waals surface area contributed by atoms with Crippen molar-refractivity contribution in [2.45, 2.75) is 22.6 Å². The highest BCUT2D eigenvalue weighted by molar-refractivity contribution is 7.93. The molecule has 0 unspecified atom stereocenters. The Morgan fingerprint density at radius 3 is 1.59 bits per heavy atom. The molecule has 4 aromatic carbocycles. The molecule has 0 heterocycles. The number of rotatable bonds is 11. The predicted molar refractivity (Wildman–Crippen MR) is 162 cm³/mol. The second-order valence-corrected chi connectivity index (χ2v) is 12.9. The number of nitrogens with one attached hydrogen (secondary N) is 3. The molecular formula is C28H26FN5O8S2. The quantitative estimate of drug-likeness (QED) is 0.135. The largest absolute Gasteiger partial charge is 0.379 e. The highest BCUT2D eigenvalue weighted by Crippen LogP contribution is 2.33. The van der Waals surface area contributed by atoms with Crippen LogP contribution < -0.4 is 14.8 Å². The van der Waals surface area contributed by atoms with E-state index in [9.17, 15) is 41.5 Å². The summed E-state index contributed by atoms with van der Waals surface area (Å²) in [5.41, 5.74) is -0.471. The number of benzene rings is 4. The second kappa shape index (κ2) is 13.5. The number of sulfonamides is 2. The lowest BCUT2D eigenvalue weighted by Gasteiger charge is -2.10. The fraction of sp³-hybridized carbons (Fsp3) is 0.143. The molecule has 0 aromatic heterocycles. The second-order valence-electron chi connectivity index (χ2n) is 9.57. The van der Waals surface area contributed by atoms with E-state index in [2.05, 4.69) is 14.8 Å². The van der Waals surface area contributed by atoms with Gasteiger partial charge in [-0.2, -0.15) is 4.39 Å². The van der Waals surface area contributed by atoms with Crippen molar-refractivity contribution in [2.75, 3.05) is 21.3 Å². The number of hydrogen-bond acceptors (Lipinski definition) is 9. The third-order valence-corrected chi connectivity index (χ3v) is 9.02. The van der Waals surface area contributed by atoms with Crippen LogP contribution in [0.4, 0.5) is 32.8 Å². The normalized spacial score (nSPS) is 12.8. The molecule has 0 saturated heterocycles. The van der Waals surface area contributed by atoms with E-state index in [0.717, 1.165) is 31.0 Å². The van der Waals surface area contributed by atoms with Crippen LogP contribution in [0.3, 0.4) is 0 Å². The van der Waals surface area contributed by atoms with Crippen LogP contribution in [-0.2, 0) is 20.0 Å². The highest BCUT2D eigenvalue weighted by atomic mass is 32.2. The molecule has 13 nitrogen and oxygen atoms in total. The first kappa shape index (κ1) is 31.8. The van der Waals surface area contributed by atoms with Gasteiger partial charge >= 0.3 is 5.69 Å². The predicted octanol–water partition coefficient (Wildman–Crippen LogP) is 5.75. The Morgan fingerprint density at radius 1 is 0.682 bits per heavy atom. The maximum atomic E-state index is 13.2. The zero-order valence-electron chi connectivity index (χ0n) is 22.8. The van der Waals surface area contributed by atoms with Crippen molar-refractivity contribution in [1.82, 2.24) is 0 Å². The average Bonchev–Trinajstić information content (AvgIpc) is 3.83. The first-order valence-corrected chi connectivity index (χ1v) is 15.9. The number of anilines is 3. The van der Waals surface area contributed by atoms with E-state index in [1.165, 1.54) is 42.5 Å². The van der Waals surface area contributed by atoms with E-state index in [4.69, 9.17) is 0 Å². The zero-order chi connectivity index (χ0) is 31.9.